The van der Waals surface area contributed by atoms with Crippen molar-refractivity contribution >= 4 is 11.4 Å². The van der Waals surface area contributed by atoms with Gasteiger partial charge >= 0.3 is 0 Å². The van der Waals surface area contributed by atoms with E-state index in [1.807, 2.05) is 18.2 Å². The van der Waals surface area contributed by atoms with Crippen LogP contribution in [0.4, 0.5) is 11.4 Å². The van der Waals surface area contributed by atoms with Crippen molar-refractivity contribution in [3.05, 3.63) is 18.2 Å². The first-order valence-electron chi connectivity index (χ1n) is 9.64. The molecule has 1 heterocycles. The number of ether oxygens (including phenoxy) is 1. The molecule has 24 heavy (non-hydrogen) atoms. The number of anilines is 2. The molecule has 4 nitrogen and oxygen atoms in total. The lowest BCUT2D eigenvalue weighted by molar-refractivity contribution is 0.171. The van der Waals surface area contributed by atoms with Gasteiger partial charge in [-0.05, 0) is 55.6 Å². The van der Waals surface area contributed by atoms with Crippen LogP contribution in [0.3, 0.4) is 0 Å². The Hall–Kier alpha value is -1.42. The molecule has 0 radical (unpaired) electrons. The second-order valence-corrected chi connectivity index (χ2v) is 7.89. The number of hydrogen-bond donors (Lipinski definition) is 3. The number of hydrogen-bond acceptors (Lipinski definition) is 4. The van der Waals surface area contributed by atoms with Crippen LogP contribution in [0.5, 0.6) is 5.75 Å². The van der Waals surface area contributed by atoms with Gasteiger partial charge in [-0.15, -0.1) is 0 Å². The van der Waals surface area contributed by atoms with E-state index in [-0.39, 0.29) is 6.04 Å². The SMILES string of the molecule is COc1ccc2c(c1)NC(O)C(CCCCC[C@H]1CC[C@H]3C[C@@H]13)N2. The molecule has 0 spiro atoms. The van der Waals surface area contributed by atoms with E-state index in [4.69, 9.17) is 4.74 Å². The molecule has 4 heteroatoms. The van der Waals surface area contributed by atoms with Crippen molar-refractivity contribution in [3.8, 4) is 5.75 Å². The highest BCUT2D eigenvalue weighted by molar-refractivity contribution is 5.73. The van der Waals surface area contributed by atoms with Crippen molar-refractivity contribution in [1.29, 1.82) is 0 Å². The number of aliphatic hydroxyl groups is 1. The minimum absolute atomic E-state index is 0.0881. The maximum atomic E-state index is 10.3. The van der Waals surface area contributed by atoms with Crippen LogP contribution in [0.25, 0.3) is 0 Å². The van der Waals surface area contributed by atoms with Crippen molar-refractivity contribution in [1.82, 2.24) is 0 Å². The highest BCUT2D eigenvalue weighted by Crippen LogP contribution is 2.56. The van der Waals surface area contributed by atoms with Crippen molar-refractivity contribution in [2.24, 2.45) is 17.8 Å². The molecule has 3 N–H and O–H groups in total. The molecule has 2 fully saturated rings. The summed E-state index contributed by atoms with van der Waals surface area (Å²) in [5.74, 6) is 4.06. The van der Waals surface area contributed by atoms with E-state index in [1.165, 1.54) is 44.9 Å². The maximum absolute atomic E-state index is 10.3. The minimum atomic E-state index is -0.535. The van der Waals surface area contributed by atoms with Crippen LogP contribution in [-0.2, 0) is 0 Å². The highest BCUT2D eigenvalue weighted by Gasteiger charge is 2.47. The van der Waals surface area contributed by atoms with E-state index < -0.39 is 6.23 Å². The lowest BCUT2D eigenvalue weighted by Gasteiger charge is -2.33. The molecule has 0 amide bonds. The normalized spacial score (nSPS) is 33.2. The summed E-state index contributed by atoms with van der Waals surface area (Å²) in [7, 11) is 1.66. The predicted octanol–water partition coefficient (Wildman–Crippen LogP) is 4.22. The van der Waals surface area contributed by atoms with Gasteiger partial charge in [-0.2, -0.15) is 0 Å². The first kappa shape index (κ1) is 16.1. The number of nitrogens with one attached hydrogen (secondary N) is 2. The zero-order chi connectivity index (χ0) is 16.5. The van der Waals surface area contributed by atoms with E-state index in [9.17, 15) is 5.11 Å². The fraction of sp³-hybridized carbons (Fsp3) is 0.700. The largest absolute Gasteiger partial charge is 0.497 e. The molecule has 2 unspecified atom stereocenters. The van der Waals surface area contributed by atoms with Gasteiger partial charge in [0.15, 0.2) is 0 Å². The molecule has 3 aliphatic rings. The van der Waals surface area contributed by atoms with E-state index in [2.05, 4.69) is 10.6 Å². The Bertz CT molecular complexity index is 577. The van der Waals surface area contributed by atoms with Crippen LogP contribution in [0.2, 0.25) is 0 Å². The van der Waals surface area contributed by atoms with Crippen molar-refractivity contribution in [3.63, 3.8) is 0 Å². The van der Waals surface area contributed by atoms with E-state index in [0.717, 1.165) is 41.3 Å². The number of unbranched alkanes of at least 4 members (excludes halogenated alkanes) is 2. The molecule has 5 atom stereocenters. The van der Waals surface area contributed by atoms with Gasteiger partial charge in [0, 0.05) is 6.07 Å². The van der Waals surface area contributed by atoms with E-state index in [1.54, 1.807) is 7.11 Å². The summed E-state index contributed by atoms with van der Waals surface area (Å²) in [5.41, 5.74) is 1.97. The van der Waals surface area contributed by atoms with Gasteiger partial charge < -0.3 is 20.5 Å². The fourth-order valence-corrected chi connectivity index (χ4v) is 4.79. The topological polar surface area (TPSA) is 53.5 Å². The summed E-state index contributed by atoms with van der Waals surface area (Å²) in [6.07, 6.45) is 10.3. The van der Waals surface area contributed by atoms with Crippen LogP contribution >= 0.6 is 0 Å². The fourth-order valence-electron chi connectivity index (χ4n) is 4.79. The third-order valence-corrected chi connectivity index (χ3v) is 6.33. The quantitative estimate of drug-likeness (QED) is 0.655. The van der Waals surface area contributed by atoms with Gasteiger partial charge in [0.1, 0.15) is 12.0 Å². The molecular formula is C20H30N2O2. The number of methoxy groups -OCH3 is 1. The number of rotatable bonds is 7. The zero-order valence-corrected chi connectivity index (χ0v) is 14.6. The second-order valence-electron chi connectivity index (χ2n) is 7.89. The van der Waals surface area contributed by atoms with Gasteiger partial charge in [-0.25, -0.2) is 0 Å². The Labute approximate surface area is 145 Å². The van der Waals surface area contributed by atoms with Crippen molar-refractivity contribution in [2.75, 3.05) is 17.7 Å². The lowest BCUT2D eigenvalue weighted by Crippen LogP contribution is -2.42. The molecule has 1 aromatic carbocycles. The summed E-state index contributed by atoms with van der Waals surface area (Å²) in [6.45, 7) is 0. The standard InChI is InChI=1S/C20H30N2O2/c1-24-15-9-10-17-19(12-15)22-20(23)18(21-17)6-4-2-3-5-13-7-8-14-11-16(13)14/h9-10,12-14,16,18,20-23H,2-8,11H2,1H3/t13-,14-,16-,18?,20?/m0/s1. The van der Waals surface area contributed by atoms with E-state index >= 15 is 0 Å². The Morgan fingerprint density at radius 2 is 1.96 bits per heavy atom. The molecule has 1 aromatic rings. The maximum Gasteiger partial charge on any atom is 0.144 e. The Balaban J connectivity index is 1.20. The lowest BCUT2D eigenvalue weighted by atomic mass is 9.95. The van der Waals surface area contributed by atoms with Crippen LogP contribution in [0, 0.1) is 17.8 Å². The molecule has 0 aromatic heterocycles. The van der Waals surface area contributed by atoms with Gasteiger partial charge in [0.25, 0.3) is 0 Å². The Kier molecular flexibility index (Phi) is 4.57. The van der Waals surface area contributed by atoms with Crippen molar-refractivity contribution in [2.45, 2.75) is 63.6 Å². The molecule has 0 saturated heterocycles. The van der Waals surface area contributed by atoms with Gasteiger partial charge in [-0.3, -0.25) is 0 Å². The average molecular weight is 330 g/mol. The molecule has 2 aliphatic carbocycles. The smallest absolute Gasteiger partial charge is 0.144 e. The third kappa shape index (κ3) is 3.34. The summed E-state index contributed by atoms with van der Waals surface area (Å²) < 4.78 is 5.24. The Morgan fingerprint density at radius 1 is 1.08 bits per heavy atom. The monoisotopic (exact) mass is 330 g/mol. The van der Waals surface area contributed by atoms with Crippen LogP contribution in [0.1, 0.15) is 51.4 Å². The molecule has 2 saturated carbocycles. The summed E-state index contributed by atoms with van der Waals surface area (Å²) in [4.78, 5) is 0. The summed E-state index contributed by atoms with van der Waals surface area (Å²) in [5, 5.41) is 17.0. The first-order valence-corrected chi connectivity index (χ1v) is 9.64. The molecule has 0 bridgehead atoms. The number of fused-ring (bicyclic) bond motifs is 2. The van der Waals surface area contributed by atoms with Crippen molar-refractivity contribution < 1.29 is 9.84 Å². The van der Waals surface area contributed by atoms with Crippen LogP contribution < -0.4 is 15.4 Å². The molecule has 1 aliphatic heterocycles. The predicted molar refractivity (Wildman–Crippen MR) is 97.4 cm³/mol. The van der Waals surface area contributed by atoms with Gasteiger partial charge in [0.2, 0.25) is 0 Å². The van der Waals surface area contributed by atoms with Crippen LogP contribution in [0.15, 0.2) is 18.2 Å². The number of benzene rings is 1. The highest BCUT2D eigenvalue weighted by atomic mass is 16.5. The zero-order valence-electron chi connectivity index (χ0n) is 14.6. The first-order chi connectivity index (χ1) is 11.7. The third-order valence-electron chi connectivity index (χ3n) is 6.33. The minimum Gasteiger partial charge on any atom is -0.497 e. The average Bonchev–Trinajstić information content (AvgIpc) is 3.27. The van der Waals surface area contributed by atoms with Gasteiger partial charge in [-0.1, -0.05) is 25.7 Å². The molecule has 4 rings (SSSR count). The molecule has 132 valence electrons. The molecular weight excluding hydrogens is 300 g/mol. The van der Waals surface area contributed by atoms with Gasteiger partial charge in [0.05, 0.1) is 24.5 Å². The van der Waals surface area contributed by atoms with E-state index in [0.29, 0.717) is 0 Å². The van der Waals surface area contributed by atoms with Crippen LogP contribution in [-0.4, -0.2) is 24.5 Å². The summed E-state index contributed by atoms with van der Waals surface area (Å²) >= 11 is 0. The second kappa shape index (κ2) is 6.83. The summed E-state index contributed by atoms with van der Waals surface area (Å²) in [6, 6.07) is 5.99. The Morgan fingerprint density at radius 3 is 2.71 bits per heavy atom. The number of aliphatic hydroxyl groups excluding tert-OH is 1.